The molecule has 0 atom stereocenters. The van der Waals surface area contributed by atoms with Crippen LogP contribution in [0.1, 0.15) is 0 Å². The molecule has 0 aliphatic heterocycles. The summed E-state index contributed by atoms with van der Waals surface area (Å²) in [6.07, 6.45) is -11.9. The van der Waals surface area contributed by atoms with Gasteiger partial charge in [-0.15, -0.1) is 0 Å². The summed E-state index contributed by atoms with van der Waals surface area (Å²) in [6, 6.07) is 0. The number of carbonyl (C=O) groups excluding carboxylic acids is 1. The Morgan fingerprint density at radius 1 is 1.00 bits per heavy atom. The number of allylic oxidation sites excluding steroid dienone is 2. The van der Waals surface area contributed by atoms with Crippen molar-refractivity contribution in [2.24, 2.45) is 0 Å². The molecular formula is C5HF6O2Th+3. The molecule has 0 N–H and O–H groups in total. The van der Waals surface area contributed by atoms with Crippen LogP contribution in [0.2, 0.25) is 0 Å². The zero-order valence-corrected chi connectivity index (χ0v) is 10.3. The van der Waals surface area contributed by atoms with Crippen LogP contribution in [0.15, 0.2) is 11.8 Å². The van der Waals surface area contributed by atoms with Crippen molar-refractivity contribution in [1.82, 2.24) is 0 Å². The van der Waals surface area contributed by atoms with Crippen LogP contribution in [0.4, 0.5) is 26.3 Å². The molecule has 0 amide bonds. The molecule has 0 aliphatic carbocycles. The standard InChI is InChI=1S/C5H2F6O2.Th/c6-4(7,8)2(12)1-3(13)5(9,10)11;/h1,12H;/q;+4/p-1/b2-1-;. The fourth-order valence-electron chi connectivity index (χ4n) is 0.283. The van der Waals surface area contributed by atoms with Gasteiger partial charge in [-0.05, 0) is 11.8 Å². The third-order valence-corrected chi connectivity index (χ3v) is 0.821. The number of alkyl halides is 6. The third-order valence-electron chi connectivity index (χ3n) is 0.821. The molecule has 0 radical (unpaired) electrons. The fourth-order valence-corrected chi connectivity index (χ4v) is 0.283. The summed E-state index contributed by atoms with van der Waals surface area (Å²) in [6.45, 7) is 0. The second kappa shape index (κ2) is 5.27. The average molecular weight is 439 g/mol. The van der Waals surface area contributed by atoms with Crippen molar-refractivity contribution in [3.05, 3.63) is 11.8 Å². The molecule has 0 aromatic carbocycles. The summed E-state index contributed by atoms with van der Waals surface area (Å²) < 4.78 is 67.8. The molecule has 9 heteroatoms. The smallest absolute Gasteiger partial charge is 0.869 e. The number of ketones is 1. The van der Waals surface area contributed by atoms with Gasteiger partial charge in [0.1, 0.15) is 0 Å². The van der Waals surface area contributed by atoms with Crippen molar-refractivity contribution in [2.45, 2.75) is 12.4 Å². The van der Waals surface area contributed by atoms with Gasteiger partial charge in [0.25, 0.3) is 5.78 Å². The first-order valence-electron chi connectivity index (χ1n) is 2.62. The molecule has 0 bridgehead atoms. The Morgan fingerprint density at radius 3 is 1.57 bits per heavy atom. The number of hydrogen-bond acceptors (Lipinski definition) is 2. The van der Waals surface area contributed by atoms with E-state index in [0.717, 1.165) is 0 Å². The summed E-state index contributed by atoms with van der Waals surface area (Å²) in [5.41, 5.74) is 0. The molecule has 0 aromatic heterocycles. The van der Waals surface area contributed by atoms with Crippen LogP contribution in [0, 0.1) is 39.9 Å². The van der Waals surface area contributed by atoms with Crippen molar-refractivity contribution in [3.63, 3.8) is 0 Å². The SMILES string of the molecule is O=C(/C=C(\[O-])C(F)(F)F)C(F)(F)F.[Th+4]. The first-order chi connectivity index (χ1) is 5.55. The Hall–Kier alpha value is 0.115. The summed E-state index contributed by atoms with van der Waals surface area (Å²) in [5, 5.41) is 9.82. The summed E-state index contributed by atoms with van der Waals surface area (Å²) in [7, 11) is 0. The van der Waals surface area contributed by atoms with Crippen molar-refractivity contribution in [3.8, 4) is 0 Å². The molecule has 76 valence electrons. The zero-order chi connectivity index (χ0) is 10.9. The average Bonchev–Trinajstić information content (AvgIpc) is 1.82. The topological polar surface area (TPSA) is 40.1 Å². The van der Waals surface area contributed by atoms with Gasteiger partial charge in [-0.2, -0.15) is 26.3 Å². The molecular weight excluding hydrogens is 438 g/mol. The first kappa shape index (κ1) is 16.5. The van der Waals surface area contributed by atoms with Crippen molar-refractivity contribution in [2.75, 3.05) is 0 Å². The largest absolute Gasteiger partial charge is 4.00 e. The molecule has 0 spiro atoms. The molecule has 0 unspecified atom stereocenters. The Bertz CT molecular complexity index is 240. The predicted octanol–water partition coefficient (Wildman–Crippen LogP) is 0.924. The maximum absolute atomic E-state index is 11.3. The van der Waals surface area contributed by atoms with Gasteiger partial charge in [-0.3, -0.25) is 4.79 Å². The minimum atomic E-state index is -5.46. The number of halogens is 6. The number of rotatable bonds is 1. The van der Waals surface area contributed by atoms with Crippen molar-refractivity contribution in [1.29, 1.82) is 0 Å². The van der Waals surface area contributed by atoms with Crippen LogP contribution in [-0.2, 0) is 4.79 Å². The minimum Gasteiger partial charge on any atom is -0.869 e. The second-order valence-corrected chi connectivity index (χ2v) is 1.87. The quantitative estimate of drug-likeness (QED) is 0.347. The van der Waals surface area contributed by atoms with Gasteiger partial charge in [0.2, 0.25) is 0 Å². The van der Waals surface area contributed by atoms with Crippen molar-refractivity contribution >= 4 is 5.78 Å². The van der Waals surface area contributed by atoms with Gasteiger partial charge >= 0.3 is 52.3 Å². The summed E-state index contributed by atoms with van der Waals surface area (Å²) in [4.78, 5) is 9.82. The van der Waals surface area contributed by atoms with Gasteiger partial charge in [-0.25, -0.2) is 0 Å². The van der Waals surface area contributed by atoms with E-state index < -0.39 is 30.0 Å². The molecule has 0 saturated carbocycles. The van der Waals surface area contributed by atoms with E-state index in [1.165, 1.54) is 0 Å². The van der Waals surface area contributed by atoms with E-state index in [0.29, 0.717) is 0 Å². The molecule has 0 heterocycles. The Morgan fingerprint density at radius 2 is 1.36 bits per heavy atom. The van der Waals surface area contributed by atoms with Gasteiger partial charge in [0.15, 0.2) is 0 Å². The molecule has 0 aliphatic rings. The van der Waals surface area contributed by atoms with Gasteiger partial charge in [-0.1, -0.05) is 0 Å². The van der Waals surface area contributed by atoms with Crippen molar-refractivity contribution < 1.29 is 76.2 Å². The molecule has 14 heavy (non-hydrogen) atoms. The Labute approximate surface area is 106 Å². The van der Waals surface area contributed by atoms with E-state index >= 15 is 0 Å². The third kappa shape index (κ3) is 5.76. The zero-order valence-electron chi connectivity index (χ0n) is 6.16. The predicted molar refractivity (Wildman–Crippen MR) is 25.2 cm³/mol. The molecule has 0 fully saturated rings. The van der Waals surface area contributed by atoms with E-state index in [1.54, 1.807) is 0 Å². The van der Waals surface area contributed by atoms with E-state index in [4.69, 9.17) is 0 Å². The van der Waals surface area contributed by atoms with Crippen LogP contribution >= 0.6 is 0 Å². The fraction of sp³-hybridized carbons (Fsp3) is 0.400. The Balaban J connectivity index is 0. The first-order valence-corrected chi connectivity index (χ1v) is 2.62. The molecule has 0 saturated heterocycles. The van der Waals surface area contributed by atoms with Crippen LogP contribution in [0.5, 0.6) is 0 Å². The van der Waals surface area contributed by atoms with Gasteiger partial charge < -0.3 is 5.11 Å². The van der Waals surface area contributed by atoms with Crippen LogP contribution in [0.25, 0.3) is 0 Å². The monoisotopic (exact) mass is 439 g/mol. The van der Waals surface area contributed by atoms with E-state index in [-0.39, 0.29) is 39.9 Å². The molecule has 2 nitrogen and oxygen atoms in total. The number of hydrogen-bond donors (Lipinski definition) is 0. The molecule has 0 aromatic rings. The maximum Gasteiger partial charge on any atom is 4.00 e. The summed E-state index contributed by atoms with van der Waals surface area (Å²) in [5.74, 6) is -5.65. The van der Waals surface area contributed by atoms with E-state index in [9.17, 15) is 36.2 Å². The van der Waals surface area contributed by atoms with Crippen LogP contribution < -0.4 is 5.11 Å². The van der Waals surface area contributed by atoms with Gasteiger partial charge in [0.05, 0.1) is 0 Å². The number of carbonyl (C=O) groups is 1. The van der Waals surface area contributed by atoms with Crippen LogP contribution in [-0.4, -0.2) is 18.1 Å². The Kier molecular flexibility index (Phi) is 6.22. The summed E-state index contributed by atoms with van der Waals surface area (Å²) >= 11 is 0. The normalized spacial score (nSPS) is 13.4. The second-order valence-electron chi connectivity index (χ2n) is 1.87. The van der Waals surface area contributed by atoms with Gasteiger partial charge in [0, 0.05) is 0 Å². The van der Waals surface area contributed by atoms with E-state index in [1.807, 2.05) is 0 Å². The minimum absolute atomic E-state index is 0. The maximum atomic E-state index is 11.3. The van der Waals surface area contributed by atoms with Crippen LogP contribution in [0.3, 0.4) is 0 Å². The van der Waals surface area contributed by atoms with E-state index in [2.05, 4.69) is 0 Å². The molecule has 0 rings (SSSR count).